The lowest BCUT2D eigenvalue weighted by Crippen LogP contribution is -2.31. The van der Waals surface area contributed by atoms with E-state index in [1.165, 1.54) is 17.5 Å². The van der Waals surface area contributed by atoms with Crippen LogP contribution in [-0.4, -0.2) is 38.5 Å². The topological polar surface area (TPSA) is 42.7 Å². The van der Waals surface area contributed by atoms with Crippen molar-refractivity contribution in [1.82, 2.24) is 19.3 Å². The van der Waals surface area contributed by atoms with Gasteiger partial charge in [0.05, 0.1) is 11.8 Å². The number of imidazole rings is 1. The number of fused-ring (bicyclic) bond motifs is 1. The van der Waals surface area contributed by atoms with Crippen molar-refractivity contribution >= 4 is 5.65 Å². The minimum Gasteiger partial charge on any atom is -0.377 e. The van der Waals surface area contributed by atoms with Crippen LogP contribution in [0.25, 0.3) is 5.65 Å². The maximum atomic E-state index is 5.85. The first-order valence-corrected chi connectivity index (χ1v) is 8.94. The third kappa shape index (κ3) is 3.89. The smallest absolute Gasteiger partial charge is 0.139 e. The van der Waals surface area contributed by atoms with Crippen molar-refractivity contribution in [3.8, 4) is 0 Å². The van der Waals surface area contributed by atoms with Gasteiger partial charge in [-0.05, 0) is 43.0 Å². The largest absolute Gasteiger partial charge is 0.377 e. The molecular weight excluding hydrogens is 312 g/mol. The second kappa shape index (κ2) is 7.33. The molecule has 1 aliphatic heterocycles. The van der Waals surface area contributed by atoms with Crippen LogP contribution in [0.1, 0.15) is 29.7 Å². The fraction of sp³-hybridized carbons (Fsp3) is 0.400. The molecule has 1 saturated heterocycles. The summed E-state index contributed by atoms with van der Waals surface area (Å²) in [6, 6.07) is 8.29. The molecule has 0 aliphatic carbocycles. The molecular formula is C20H24N4O. The highest BCUT2D eigenvalue weighted by molar-refractivity contribution is 5.47. The highest BCUT2D eigenvalue weighted by Crippen LogP contribution is 2.18. The number of pyridine rings is 2. The predicted molar refractivity (Wildman–Crippen MR) is 97.3 cm³/mol. The monoisotopic (exact) mass is 336 g/mol. The highest BCUT2D eigenvalue weighted by Gasteiger charge is 2.20. The Hall–Kier alpha value is -2.24. The molecule has 1 unspecified atom stereocenters. The lowest BCUT2D eigenvalue weighted by Gasteiger charge is -2.24. The second-order valence-corrected chi connectivity index (χ2v) is 6.82. The molecule has 1 atom stereocenters. The predicted octanol–water partition coefficient (Wildman–Crippen LogP) is 3.22. The van der Waals surface area contributed by atoms with Gasteiger partial charge in [0.1, 0.15) is 5.65 Å². The molecule has 4 heterocycles. The van der Waals surface area contributed by atoms with Crippen LogP contribution in [-0.2, 0) is 17.8 Å². The number of rotatable bonds is 6. The van der Waals surface area contributed by atoms with Crippen molar-refractivity contribution in [3.63, 3.8) is 0 Å². The average Bonchev–Trinajstić information content (AvgIpc) is 3.26. The molecule has 0 amide bonds. The summed E-state index contributed by atoms with van der Waals surface area (Å²) in [5, 5.41) is 0. The molecule has 0 spiro atoms. The number of aromatic nitrogens is 3. The molecule has 3 aromatic heterocycles. The molecule has 0 N–H and O–H groups in total. The Morgan fingerprint density at radius 1 is 1.28 bits per heavy atom. The Morgan fingerprint density at radius 3 is 3.00 bits per heavy atom. The van der Waals surface area contributed by atoms with E-state index >= 15 is 0 Å². The van der Waals surface area contributed by atoms with Crippen LogP contribution in [0.3, 0.4) is 0 Å². The van der Waals surface area contributed by atoms with Gasteiger partial charge in [0.2, 0.25) is 0 Å². The zero-order valence-corrected chi connectivity index (χ0v) is 14.6. The summed E-state index contributed by atoms with van der Waals surface area (Å²) in [5.41, 5.74) is 4.55. The van der Waals surface area contributed by atoms with Gasteiger partial charge in [0.25, 0.3) is 0 Å². The zero-order chi connectivity index (χ0) is 17.1. The summed E-state index contributed by atoms with van der Waals surface area (Å²) in [4.78, 5) is 11.5. The molecule has 5 heteroatoms. The van der Waals surface area contributed by atoms with Gasteiger partial charge in [-0.1, -0.05) is 12.1 Å². The maximum absolute atomic E-state index is 5.85. The summed E-state index contributed by atoms with van der Waals surface area (Å²) < 4.78 is 7.96. The molecule has 1 fully saturated rings. The number of aryl methyl sites for hydroxylation is 1. The first-order chi connectivity index (χ1) is 12.3. The van der Waals surface area contributed by atoms with Crippen LogP contribution < -0.4 is 0 Å². The van der Waals surface area contributed by atoms with Crippen LogP contribution in [0.15, 0.2) is 49.1 Å². The van der Waals surface area contributed by atoms with Crippen molar-refractivity contribution in [2.24, 2.45) is 0 Å². The normalized spacial score (nSPS) is 17.6. The summed E-state index contributed by atoms with van der Waals surface area (Å²) in [6.07, 6.45) is 10.6. The van der Waals surface area contributed by atoms with Gasteiger partial charge in [-0.25, -0.2) is 4.98 Å². The quantitative estimate of drug-likeness (QED) is 0.693. The molecule has 0 saturated carbocycles. The van der Waals surface area contributed by atoms with E-state index in [-0.39, 0.29) is 0 Å². The fourth-order valence-corrected chi connectivity index (χ4v) is 3.52. The number of ether oxygens (including phenoxy) is 1. The maximum Gasteiger partial charge on any atom is 0.139 e. The van der Waals surface area contributed by atoms with Gasteiger partial charge < -0.3 is 9.14 Å². The third-order valence-electron chi connectivity index (χ3n) is 4.73. The van der Waals surface area contributed by atoms with Gasteiger partial charge >= 0.3 is 0 Å². The molecule has 4 rings (SSSR count). The third-order valence-corrected chi connectivity index (χ3v) is 4.73. The Labute approximate surface area is 148 Å². The van der Waals surface area contributed by atoms with Crippen molar-refractivity contribution in [2.75, 3.05) is 13.2 Å². The Balaban J connectivity index is 1.54. The summed E-state index contributed by atoms with van der Waals surface area (Å²) >= 11 is 0. The van der Waals surface area contributed by atoms with Crippen LogP contribution >= 0.6 is 0 Å². The van der Waals surface area contributed by atoms with Crippen LogP contribution in [0.5, 0.6) is 0 Å². The van der Waals surface area contributed by atoms with Crippen molar-refractivity contribution in [3.05, 3.63) is 65.9 Å². The van der Waals surface area contributed by atoms with Gasteiger partial charge in [-0.15, -0.1) is 0 Å². The standard InChI is InChI=1S/C20H24N4O/c1-16-5-3-9-24-14-18(22-20(16)24)13-23(15-19-7-4-10-25-19)12-17-6-2-8-21-11-17/h2-3,5-6,8-9,11,14,19H,4,7,10,12-13,15H2,1H3. The van der Waals surface area contributed by atoms with Crippen molar-refractivity contribution in [2.45, 2.75) is 39.0 Å². The summed E-state index contributed by atoms with van der Waals surface area (Å²) in [7, 11) is 0. The van der Waals surface area contributed by atoms with Crippen molar-refractivity contribution in [1.29, 1.82) is 0 Å². The first kappa shape index (κ1) is 16.2. The molecule has 130 valence electrons. The molecule has 5 nitrogen and oxygen atoms in total. The van der Waals surface area contributed by atoms with Gasteiger partial charge in [-0.3, -0.25) is 9.88 Å². The van der Waals surface area contributed by atoms with E-state index in [4.69, 9.17) is 9.72 Å². The van der Waals surface area contributed by atoms with E-state index in [0.717, 1.165) is 44.0 Å². The van der Waals surface area contributed by atoms with E-state index in [1.807, 2.05) is 18.5 Å². The Bertz CT molecular complexity index is 824. The highest BCUT2D eigenvalue weighted by atomic mass is 16.5. The fourth-order valence-electron chi connectivity index (χ4n) is 3.52. The van der Waals surface area contributed by atoms with E-state index in [1.54, 1.807) is 0 Å². The van der Waals surface area contributed by atoms with Crippen LogP contribution in [0.2, 0.25) is 0 Å². The van der Waals surface area contributed by atoms with Gasteiger partial charge in [0, 0.05) is 51.0 Å². The lowest BCUT2D eigenvalue weighted by atomic mass is 10.2. The molecule has 0 aromatic carbocycles. The van der Waals surface area contributed by atoms with Crippen LogP contribution in [0.4, 0.5) is 0 Å². The minimum atomic E-state index is 0.329. The van der Waals surface area contributed by atoms with Gasteiger partial charge in [-0.2, -0.15) is 0 Å². The van der Waals surface area contributed by atoms with E-state index in [9.17, 15) is 0 Å². The SMILES string of the molecule is Cc1cccn2cc(CN(Cc3cccnc3)CC3CCCO3)nc12. The molecule has 0 radical (unpaired) electrons. The lowest BCUT2D eigenvalue weighted by molar-refractivity contribution is 0.0675. The zero-order valence-electron chi connectivity index (χ0n) is 14.6. The van der Waals surface area contributed by atoms with E-state index in [0.29, 0.717) is 6.10 Å². The average molecular weight is 336 g/mol. The second-order valence-electron chi connectivity index (χ2n) is 6.82. The molecule has 0 bridgehead atoms. The van der Waals surface area contributed by atoms with Gasteiger partial charge in [0.15, 0.2) is 0 Å². The first-order valence-electron chi connectivity index (χ1n) is 8.94. The van der Waals surface area contributed by atoms with E-state index in [2.05, 4.69) is 51.8 Å². The van der Waals surface area contributed by atoms with Crippen LogP contribution in [0, 0.1) is 6.92 Å². The summed E-state index contributed by atoms with van der Waals surface area (Å²) in [6.45, 7) is 5.60. The Morgan fingerprint density at radius 2 is 2.24 bits per heavy atom. The number of nitrogens with zero attached hydrogens (tertiary/aromatic N) is 4. The van der Waals surface area contributed by atoms with E-state index < -0.39 is 0 Å². The summed E-state index contributed by atoms with van der Waals surface area (Å²) in [5.74, 6) is 0. The van der Waals surface area contributed by atoms with Crippen molar-refractivity contribution < 1.29 is 4.74 Å². The molecule has 3 aromatic rings. The number of hydrogen-bond acceptors (Lipinski definition) is 4. The number of hydrogen-bond donors (Lipinski definition) is 0. The Kier molecular flexibility index (Phi) is 4.76. The molecule has 25 heavy (non-hydrogen) atoms. The minimum absolute atomic E-state index is 0.329. The molecule has 1 aliphatic rings.